The fraction of sp³-hybridized carbons (Fsp3) is 0.231. The monoisotopic (exact) mass is 374 g/mol. The molecule has 0 saturated carbocycles. The van der Waals surface area contributed by atoms with Gasteiger partial charge in [0.05, 0.1) is 16.0 Å². The average molecular weight is 374 g/mol. The smallest absolute Gasteiger partial charge is 0.119 e. The zero-order valence-corrected chi connectivity index (χ0v) is 13.2. The molecule has 0 amide bonds. The molecule has 3 N–H and O–H groups in total. The molecule has 1 aromatic heterocycles. The van der Waals surface area contributed by atoms with Crippen molar-refractivity contribution in [2.45, 2.75) is 13.0 Å². The van der Waals surface area contributed by atoms with Crippen LogP contribution in [0, 0.1) is 9.81 Å². The lowest BCUT2D eigenvalue weighted by Crippen LogP contribution is -2.29. The predicted octanol–water partition coefficient (Wildman–Crippen LogP) is 3.22. The SMILES string of the molecule is COc1ccc(C(NN)c2csc(I)c2)c(C)c1. The maximum atomic E-state index is 5.71. The molecule has 0 aliphatic rings. The number of nitrogens with two attached hydrogens (primary N) is 1. The minimum atomic E-state index is 0.0238. The molecule has 0 saturated heterocycles. The molecule has 1 aromatic carbocycles. The lowest BCUT2D eigenvalue weighted by atomic mass is 9.97. The van der Waals surface area contributed by atoms with Crippen LogP contribution >= 0.6 is 33.9 Å². The van der Waals surface area contributed by atoms with Crippen molar-refractivity contribution >= 4 is 33.9 Å². The largest absolute Gasteiger partial charge is 0.497 e. The Morgan fingerprint density at radius 2 is 2.17 bits per heavy atom. The molecule has 0 aliphatic heterocycles. The number of benzene rings is 1. The Labute approximate surface area is 124 Å². The fourth-order valence-corrected chi connectivity index (χ4v) is 3.34. The van der Waals surface area contributed by atoms with E-state index < -0.39 is 0 Å². The molecular formula is C13H15IN2OS. The minimum Gasteiger partial charge on any atom is -0.497 e. The van der Waals surface area contributed by atoms with Gasteiger partial charge in [0, 0.05) is 0 Å². The molecule has 96 valence electrons. The van der Waals surface area contributed by atoms with Gasteiger partial charge in [-0.05, 0) is 69.8 Å². The Balaban J connectivity index is 2.39. The molecule has 3 nitrogen and oxygen atoms in total. The summed E-state index contributed by atoms with van der Waals surface area (Å²) in [4.78, 5) is 0. The van der Waals surface area contributed by atoms with Crippen molar-refractivity contribution in [2.75, 3.05) is 7.11 Å². The van der Waals surface area contributed by atoms with Gasteiger partial charge in [-0.25, -0.2) is 5.43 Å². The first-order chi connectivity index (χ1) is 8.65. The summed E-state index contributed by atoms with van der Waals surface area (Å²) in [5.74, 6) is 6.57. The number of aryl methyl sites for hydroxylation is 1. The Hall–Kier alpha value is -0.630. The van der Waals surface area contributed by atoms with E-state index in [-0.39, 0.29) is 6.04 Å². The van der Waals surface area contributed by atoms with Crippen LogP contribution in [0.5, 0.6) is 5.75 Å². The van der Waals surface area contributed by atoms with Crippen LogP contribution in [0.4, 0.5) is 0 Å². The molecule has 1 atom stereocenters. The maximum absolute atomic E-state index is 5.71. The second-order valence-electron chi connectivity index (χ2n) is 4.01. The van der Waals surface area contributed by atoms with Gasteiger partial charge in [-0.15, -0.1) is 11.3 Å². The third-order valence-corrected chi connectivity index (χ3v) is 4.68. The zero-order valence-electron chi connectivity index (χ0n) is 10.2. The van der Waals surface area contributed by atoms with Gasteiger partial charge in [0.2, 0.25) is 0 Å². The molecule has 0 radical (unpaired) electrons. The van der Waals surface area contributed by atoms with E-state index >= 15 is 0 Å². The Morgan fingerprint density at radius 3 is 2.67 bits per heavy atom. The molecule has 0 spiro atoms. The van der Waals surface area contributed by atoms with Gasteiger partial charge in [-0.1, -0.05) is 6.07 Å². The summed E-state index contributed by atoms with van der Waals surface area (Å²) in [6.45, 7) is 2.07. The predicted molar refractivity (Wildman–Crippen MR) is 83.9 cm³/mol. The topological polar surface area (TPSA) is 47.3 Å². The molecule has 2 rings (SSSR count). The van der Waals surface area contributed by atoms with Gasteiger partial charge in [0.25, 0.3) is 0 Å². The fourth-order valence-electron chi connectivity index (χ4n) is 1.94. The summed E-state index contributed by atoms with van der Waals surface area (Å²) in [7, 11) is 1.67. The van der Waals surface area contributed by atoms with E-state index in [0.717, 1.165) is 5.75 Å². The second kappa shape index (κ2) is 6.01. The summed E-state index contributed by atoms with van der Waals surface area (Å²) in [5.41, 5.74) is 6.42. The number of nitrogens with one attached hydrogen (secondary N) is 1. The third-order valence-electron chi connectivity index (χ3n) is 2.88. The summed E-state index contributed by atoms with van der Waals surface area (Å²) in [6.07, 6.45) is 0. The van der Waals surface area contributed by atoms with E-state index in [1.165, 1.54) is 19.6 Å². The average Bonchev–Trinajstić information content (AvgIpc) is 2.78. The highest BCUT2D eigenvalue weighted by Gasteiger charge is 2.16. The lowest BCUT2D eigenvalue weighted by Gasteiger charge is -2.18. The van der Waals surface area contributed by atoms with Crippen LogP contribution in [0.3, 0.4) is 0 Å². The van der Waals surface area contributed by atoms with E-state index in [2.05, 4.69) is 52.5 Å². The highest BCUT2D eigenvalue weighted by atomic mass is 127. The van der Waals surface area contributed by atoms with Crippen molar-refractivity contribution in [1.29, 1.82) is 0 Å². The number of halogens is 1. The highest BCUT2D eigenvalue weighted by Crippen LogP contribution is 2.30. The third kappa shape index (κ3) is 2.85. The molecule has 0 bridgehead atoms. The van der Waals surface area contributed by atoms with Crippen molar-refractivity contribution in [3.05, 3.63) is 49.2 Å². The first-order valence-electron chi connectivity index (χ1n) is 5.50. The van der Waals surface area contributed by atoms with E-state index in [0.29, 0.717) is 0 Å². The highest BCUT2D eigenvalue weighted by molar-refractivity contribution is 14.1. The van der Waals surface area contributed by atoms with Gasteiger partial charge in [-0.3, -0.25) is 5.84 Å². The normalized spacial score (nSPS) is 12.4. The van der Waals surface area contributed by atoms with Crippen LogP contribution < -0.4 is 16.0 Å². The summed E-state index contributed by atoms with van der Waals surface area (Å²) in [6, 6.07) is 8.22. The molecule has 0 fully saturated rings. The van der Waals surface area contributed by atoms with Crippen molar-refractivity contribution in [3.63, 3.8) is 0 Å². The van der Waals surface area contributed by atoms with Crippen LogP contribution in [0.2, 0.25) is 0 Å². The number of ether oxygens (including phenoxy) is 1. The second-order valence-corrected chi connectivity index (χ2v) is 6.81. The van der Waals surface area contributed by atoms with Crippen LogP contribution in [-0.2, 0) is 0 Å². The van der Waals surface area contributed by atoms with E-state index in [4.69, 9.17) is 10.6 Å². The first kappa shape index (κ1) is 13.8. The summed E-state index contributed by atoms with van der Waals surface area (Å²) < 4.78 is 6.48. The standard InChI is InChI=1S/C13H15IN2OS/c1-8-5-10(17-2)3-4-11(8)13(16-15)9-6-12(14)18-7-9/h3-7,13,16H,15H2,1-2H3. The lowest BCUT2D eigenvalue weighted by molar-refractivity contribution is 0.414. The van der Waals surface area contributed by atoms with Crippen LogP contribution in [0.1, 0.15) is 22.7 Å². The van der Waals surface area contributed by atoms with Gasteiger partial charge in [0.1, 0.15) is 5.75 Å². The number of thiophene rings is 1. The molecule has 5 heteroatoms. The first-order valence-corrected chi connectivity index (χ1v) is 7.46. The molecule has 2 aromatic rings. The molecule has 0 aliphatic carbocycles. The van der Waals surface area contributed by atoms with Crippen molar-refractivity contribution in [1.82, 2.24) is 5.43 Å². The van der Waals surface area contributed by atoms with Crippen molar-refractivity contribution in [2.24, 2.45) is 5.84 Å². The molecule has 1 heterocycles. The summed E-state index contributed by atoms with van der Waals surface area (Å²) >= 11 is 4.04. The minimum absolute atomic E-state index is 0.0238. The van der Waals surface area contributed by atoms with Crippen molar-refractivity contribution < 1.29 is 4.74 Å². The number of hydrazine groups is 1. The van der Waals surface area contributed by atoms with Crippen LogP contribution in [0.15, 0.2) is 29.6 Å². The molecule has 1 unspecified atom stereocenters. The van der Waals surface area contributed by atoms with E-state index in [1.807, 2.05) is 12.1 Å². The van der Waals surface area contributed by atoms with Gasteiger partial charge in [0.15, 0.2) is 0 Å². The zero-order chi connectivity index (χ0) is 13.1. The number of methoxy groups -OCH3 is 1. The quantitative estimate of drug-likeness (QED) is 0.491. The number of hydrogen-bond donors (Lipinski definition) is 2. The van der Waals surface area contributed by atoms with Gasteiger partial charge in [-0.2, -0.15) is 0 Å². The molecule has 18 heavy (non-hydrogen) atoms. The Bertz CT molecular complexity index is 542. The van der Waals surface area contributed by atoms with Gasteiger partial charge < -0.3 is 4.74 Å². The van der Waals surface area contributed by atoms with E-state index in [1.54, 1.807) is 18.4 Å². The van der Waals surface area contributed by atoms with Crippen molar-refractivity contribution in [3.8, 4) is 5.75 Å². The van der Waals surface area contributed by atoms with Crippen LogP contribution in [0.25, 0.3) is 0 Å². The van der Waals surface area contributed by atoms with E-state index in [9.17, 15) is 0 Å². The number of rotatable bonds is 4. The molecular weight excluding hydrogens is 359 g/mol. The Kier molecular flexibility index (Phi) is 4.60. The maximum Gasteiger partial charge on any atom is 0.119 e. The number of hydrogen-bond acceptors (Lipinski definition) is 4. The van der Waals surface area contributed by atoms with Crippen LogP contribution in [-0.4, -0.2) is 7.11 Å². The van der Waals surface area contributed by atoms with Gasteiger partial charge >= 0.3 is 0 Å². The Morgan fingerprint density at radius 1 is 1.39 bits per heavy atom. The summed E-state index contributed by atoms with van der Waals surface area (Å²) in [5, 5.41) is 2.13.